The normalized spacial score (nSPS) is 11.2. The minimum Gasteiger partial charge on any atom is -0.444 e. The van der Waals surface area contributed by atoms with Gasteiger partial charge in [0.05, 0.1) is 6.54 Å². The number of amides is 1. The number of ketones is 1. The van der Waals surface area contributed by atoms with Gasteiger partial charge in [0.2, 0.25) is 0 Å². The van der Waals surface area contributed by atoms with Crippen LogP contribution in [-0.2, 0) is 11.3 Å². The second-order valence-corrected chi connectivity index (χ2v) is 5.87. The minimum absolute atomic E-state index is 0.0736. The molecule has 19 heavy (non-hydrogen) atoms. The number of nitrogens with one attached hydrogen (secondary N) is 1. The molecule has 106 valence electrons. The van der Waals surface area contributed by atoms with Crippen molar-refractivity contribution in [3.05, 3.63) is 16.4 Å². The summed E-state index contributed by atoms with van der Waals surface area (Å²) in [5, 5.41) is 6.74. The molecule has 0 atom stereocenters. The number of halogens is 1. The van der Waals surface area contributed by atoms with Crippen molar-refractivity contribution in [2.24, 2.45) is 0 Å². The smallest absolute Gasteiger partial charge is 0.407 e. The summed E-state index contributed by atoms with van der Waals surface area (Å²) in [5.41, 5.74) is -0.0264. The van der Waals surface area contributed by atoms with E-state index in [4.69, 9.17) is 4.74 Å². The molecule has 0 aromatic carbocycles. The van der Waals surface area contributed by atoms with Gasteiger partial charge in [0.1, 0.15) is 15.9 Å². The number of hydrogen-bond donors (Lipinski definition) is 1. The quantitative estimate of drug-likeness (QED) is 0.859. The number of carbonyl (C=O) groups excluding carboxylic acids is 2. The first-order valence-electron chi connectivity index (χ1n) is 5.90. The first-order valence-corrected chi connectivity index (χ1v) is 6.69. The Balaban J connectivity index is 2.50. The lowest BCUT2D eigenvalue weighted by atomic mass is 10.2. The molecule has 1 aromatic heterocycles. The van der Waals surface area contributed by atoms with Gasteiger partial charge in [-0.3, -0.25) is 9.48 Å². The fraction of sp³-hybridized carbons (Fsp3) is 0.583. The molecular weight excluding hydrogens is 314 g/mol. The van der Waals surface area contributed by atoms with Crippen LogP contribution in [0.3, 0.4) is 0 Å². The minimum atomic E-state index is -0.524. The van der Waals surface area contributed by atoms with Crippen LogP contribution in [0.5, 0.6) is 0 Å². The molecule has 1 heterocycles. The topological polar surface area (TPSA) is 73.2 Å². The number of ether oxygens (including phenoxy) is 1. The Morgan fingerprint density at radius 2 is 2.11 bits per heavy atom. The van der Waals surface area contributed by atoms with Crippen molar-refractivity contribution in [1.82, 2.24) is 15.1 Å². The fourth-order valence-corrected chi connectivity index (χ4v) is 1.83. The molecule has 0 spiro atoms. The Morgan fingerprint density at radius 3 is 2.63 bits per heavy atom. The Bertz CT molecular complexity index is 477. The third-order valence-electron chi connectivity index (χ3n) is 2.10. The molecule has 0 aliphatic rings. The lowest BCUT2D eigenvalue weighted by molar-refractivity contribution is 0.0525. The van der Waals surface area contributed by atoms with E-state index in [1.165, 1.54) is 6.92 Å². The van der Waals surface area contributed by atoms with Gasteiger partial charge in [-0.15, -0.1) is 0 Å². The first kappa shape index (κ1) is 15.7. The molecule has 1 N–H and O–H groups in total. The number of nitrogens with zero attached hydrogens (tertiary/aromatic N) is 2. The zero-order chi connectivity index (χ0) is 14.6. The van der Waals surface area contributed by atoms with Crippen molar-refractivity contribution >= 4 is 27.8 Å². The molecule has 0 aliphatic heterocycles. The van der Waals surface area contributed by atoms with Crippen LogP contribution in [0.25, 0.3) is 0 Å². The highest BCUT2D eigenvalue weighted by atomic mass is 79.9. The zero-order valence-electron chi connectivity index (χ0n) is 11.5. The summed E-state index contributed by atoms with van der Waals surface area (Å²) in [7, 11) is 0. The molecule has 0 aliphatic carbocycles. The summed E-state index contributed by atoms with van der Waals surface area (Å²) in [5.74, 6) is -0.0736. The van der Waals surface area contributed by atoms with Crippen molar-refractivity contribution in [3.63, 3.8) is 0 Å². The van der Waals surface area contributed by atoms with Crippen LogP contribution < -0.4 is 5.32 Å². The van der Waals surface area contributed by atoms with Crippen LogP contribution in [0.15, 0.2) is 10.7 Å². The fourth-order valence-electron chi connectivity index (χ4n) is 1.42. The van der Waals surface area contributed by atoms with E-state index < -0.39 is 11.7 Å². The van der Waals surface area contributed by atoms with Crippen molar-refractivity contribution < 1.29 is 14.3 Å². The summed E-state index contributed by atoms with van der Waals surface area (Å²) >= 11 is 3.22. The van der Waals surface area contributed by atoms with E-state index in [1.807, 2.05) is 0 Å². The van der Waals surface area contributed by atoms with Crippen molar-refractivity contribution in [2.75, 3.05) is 6.54 Å². The molecule has 7 heteroatoms. The van der Waals surface area contributed by atoms with Gasteiger partial charge in [0.15, 0.2) is 5.78 Å². The second kappa shape index (κ2) is 6.18. The molecule has 1 rings (SSSR count). The zero-order valence-corrected chi connectivity index (χ0v) is 13.1. The summed E-state index contributed by atoms with van der Waals surface area (Å²) in [6.45, 7) is 7.60. The van der Waals surface area contributed by atoms with E-state index in [-0.39, 0.29) is 5.78 Å². The number of aromatic nitrogens is 2. The van der Waals surface area contributed by atoms with Crippen LogP contribution >= 0.6 is 15.9 Å². The van der Waals surface area contributed by atoms with Gasteiger partial charge >= 0.3 is 6.09 Å². The maximum absolute atomic E-state index is 11.4. The van der Waals surface area contributed by atoms with E-state index in [0.717, 1.165) is 0 Å². The van der Waals surface area contributed by atoms with E-state index in [9.17, 15) is 9.59 Å². The van der Waals surface area contributed by atoms with E-state index in [1.54, 1.807) is 31.5 Å². The van der Waals surface area contributed by atoms with Gasteiger partial charge in [-0.05, 0) is 36.7 Å². The predicted octanol–water partition coefficient (Wildman–Crippen LogP) is 2.37. The standard InChI is InChI=1S/C12H18BrN3O3/c1-8(17)9-7-10(13)15-16(9)6-5-14-11(18)19-12(2,3)4/h7H,5-6H2,1-4H3,(H,14,18). The highest BCUT2D eigenvalue weighted by Crippen LogP contribution is 2.11. The maximum Gasteiger partial charge on any atom is 0.407 e. The van der Waals surface area contributed by atoms with Crippen LogP contribution in [0, 0.1) is 0 Å². The highest BCUT2D eigenvalue weighted by Gasteiger charge is 2.16. The second-order valence-electron chi connectivity index (χ2n) is 5.06. The van der Waals surface area contributed by atoms with Gasteiger partial charge in [-0.2, -0.15) is 5.10 Å². The molecule has 1 amide bonds. The van der Waals surface area contributed by atoms with Gasteiger partial charge in [-0.1, -0.05) is 0 Å². The van der Waals surface area contributed by atoms with Crippen LogP contribution in [0.1, 0.15) is 38.2 Å². The van der Waals surface area contributed by atoms with Crippen LogP contribution in [0.4, 0.5) is 4.79 Å². The first-order chi connectivity index (χ1) is 8.69. The van der Waals surface area contributed by atoms with E-state index >= 15 is 0 Å². The van der Waals surface area contributed by atoms with Crippen LogP contribution in [-0.4, -0.2) is 33.8 Å². The molecule has 0 saturated carbocycles. The van der Waals surface area contributed by atoms with E-state index in [0.29, 0.717) is 23.4 Å². The summed E-state index contributed by atoms with van der Waals surface area (Å²) in [6, 6.07) is 1.65. The van der Waals surface area contributed by atoms with Gasteiger partial charge < -0.3 is 10.1 Å². The number of alkyl carbamates (subject to hydrolysis) is 1. The summed E-state index contributed by atoms with van der Waals surface area (Å²) in [6.07, 6.45) is -0.483. The molecule has 0 bridgehead atoms. The van der Waals surface area contributed by atoms with Gasteiger partial charge in [-0.25, -0.2) is 4.79 Å². The number of rotatable bonds is 4. The SMILES string of the molecule is CC(=O)c1cc(Br)nn1CCNC(=O)OC(C)(C)C. The van der Waals surface area contributed by atoms with Crippen molar-refractivity contribution in [1.29, 1.82) is 0 Å². The molecule has 0 saturated heterocycles. The monoisotopic (exact) mass is 331 g/mol. The maximum atomic E-state index is 11.4. The summed E-state index contributed by atoms with van der Waals surface area (Å²) < 4.78 is 7.24. The third kappa shape index (κ3) is 5.42. The number of hydrogen-bond acceptors (Lipinski definition) is 4. The number of Topliss-reactive ketones (excluding diaryl/α,β-unsaturated/α-hetero) is 1. The van der Waals surface area contributed by atoms with Crippen molar-refractivity contribution in [3.8, 4) is 0 Å². The van der Waals surface area contributed by atoms with E-state index in [2.05, 4.69) is 26.3 Å². The molecule has 1 aromatic rings. The average Bonchev–Trinajstić information content (AvgIpc) is 2.57. The molecule has 0 fully saturated rings. The molecular formula is C12H18BrN3O3. The Labute approximate surface area is 120 Å². The predicted molar refractivity (Wildman–Crippen MR) is 74.2 cm³/mol. The van der Waals surface area contributed by atoms with Gasteiger partial charge in [0, 0.05) is 19.5 Å². The molecule has 0 radical (unpaired) electrons. The molecule has 0 unspecified atom stereocenters. The largest absolute Gasteiger partial charge is 0.444 e. The molecule has 6 nitrogen and oxygen atoms in total. The van der Waals surface area contributed by atoms with Crippen LogP contribution in [0.2, 0.25) is 0 Å². The summed E-state index contributed by atoms with van der Waals surface area (Å²) in [4.78, 5) is 22.8. The average molecular weight is 332 g/mol. The Kier molecular flexibility index (Phi) is 5.11. The Hall–Kier alpha value is -1.37. The van der Waals surface area contributed by atoms with Gasteiger partial charge in [0.25, 0.3) is 0 Å². The highest BCUT2D eigenvalue weighted by molar-refractivity contribution is 9.10. The Morgan fingerprint density at radius 1 is 1.47 bits per heavy atom. The third-order valence-corrected chi connectivity index (χ3v) is 2.49. The lowest BCUT2D eigenvalue weighted by Gasteiger charge is -2.19. The number of carbonyl (C=O) groups is 2. The lowest BCUT2D eigenvalue weighted by Crippen LogP contribution is -2.34. The van der Waals surface area contributed by atoms with Crippen molar-refractivity contribution in [2.45, 2.75) is 39.8 Å².